The van der Waals surface area contributed by atoms with E-state index in [4.69, 9.17) is 0 Å². The predicted molar refractivity (Wildman–Crippen MR) is 57.1 cm³/mol. The Labute approximate surface area is 87.5 Å². The summed E-state index contributed by atoms with van der Waals surface area (Å²) in [7, 11) is 0. The summed E-state index contributed by atoms with van der Waals surface area (Å²) in [5, 5.41) is 5.60. The number of amides is 2. The topological polar surface area (TPSA) is 58.2 Å². The minimum absolute atomic E-state index is 0.0226. The Balaban J connectivity index is 2.46. The largest absolute Gasteiger partial charge is 0.351 e. The van der Waals surface area contributed by atoms with E-state index in [2.05, 4.69) is 17.2 Å². The van der Waals surface area contributed by atoms with E-state index in [0.29, 0.717) is 0 Å². The van der Waals surface area contributed by atoms with Crippen LogP contribution in [0.15, 0.2) is 12.7 Å². The molecule has 2 atom stereocenters. The summed E-state index contributed by atoms with van der Waals surface area (Å²) in [5.74, 6) is 1.44. The van der Waals surface area contributed by atoms with E-state index in [0.717, 1.165) is 11.5 Å². The third kappa shape index (κ3) is 3.06. The van der Waals surface area contributed by atoms with E-state index < -0.39 is 0 Å². The van der Waals surface area contributed by atoms with Gasteiger partial charge >= 0.3 is 0 Å². The van der Waals surface area contributed by atoms with Crippen molar-refractivity contribution < 1.29 is 9.59 Å². The molecule has 14 heavy (non-hydrogen) atoms. The van der Waals surface area contributed by atoms with Crippen molar-refractivity contribution in [1.82, 2.24) is 10.6 Å². The molecular weight excluding hydrogens is 200 g/mol. The highest BCUT2D eigenvalue weighted by Gasteiger charge is 2.28. The minimum Gasteiger partial charge on any atom is -0.351 e. The van der Waals surface area contributed by atoms with Gasteiger partial charge in [-0.25, -0.2) is 0 Å². The maximum Gasteiger partial charge on any atom is 0.243 e. The molecule has 1 rings (SSSR count). The SMILES string of the molecule is C=CC(=O)NC1CSCC1NC(C)=O. The summed E-state index contributed by atoms with van der Waals surface area (Å²) in [6.45, 7) is 4.86. The zero-order valence-corrected chi connectivity index (χ0v) is 8.89. The van der Waals surface area contributed by atoms with Gasteiger partial charge in [-0.1, -0.05) is 6.58 Å². The van der Waals surface area contributed by atoms with Crippen LogP contribution in [0.2, 0.25) is 0 Å². The fourth-order valence-electron chi connectivity index (χ4n) is 1.34. The van der Waals surface area contributed by atoms with Gasteiger partial charge in [-0.2, -0.15) is 11.8 Å². The predicted octanol–water partition coefficient (Wildman–Crippen LogP) is -0.0913. The molecule has 2 amide bonds. The molecule has 1 saturated heterocycles. The summed E-state index contributed by atoms with van der Waals surface area (Å²) in [6, 6.07) is 0.0656. The van der Waals surface area contributed by atoms with Gasteiger partial charge in [-0.3, -0.25) is 9.59 Å². The van der Waals surface area contributed by atoms with Gasteiger partial charge in [-0.15, -0.1) is 0 Å². The first-order valence-electron chi connectivity index (χ1n) is 4.41. The van der Waals surface area contributed by atoms with Gasteiger partial charge < -0.3 is 10.6 Å². The molecule has 1 heterocycles. The minimum atomic E-state index is -0.187. The lowest BCUT2D eigenvalue weighted by molar-refractivity contribution is -0.121. The van der Waals surface area contributed by atoms with E-state index >= 15 is 0 Å². The highest BCUT2D eigenvalue weighted by atomic mass is 32.2. The van der Waals surface area contributed by atoms with Crippen LogP contribution in [0.4, 0.5) is 0 Å². The van der Waals surface area contributed by atoms with Crippen molar-refractivity contribution in [3.63, 3.8) is 0 Å². The molecule has 5 heteroatoms. The fraction of sp³-hybridized carbons (Fsp3) is 0.556. The van der Waals surface area contributed by atoms with Crippen LogP contribution < -0.4 is 10.6 Å². The van der Waals surface area contributed by atoms with Crippen molar-refractivity contribution in [3.8, 4) is 0 Å². The summed E-state index contributed by atoms with van der Waals surface area (Å²) in [6.07, 6.45) is 1.24. The maximum absolute atomic E-state index is 11.0. The Morgan fingerprint density at radius 3 is 2.43 bits per heavy atom. The van der Waals surface area contributed by atoms with Crippen LogP contribution >= 0.6 is 11.8 Å². The van der Waals surface area contributed by atoms with Gasteiger partial charge in [0.2, 0.25) is 11.8 Å². The Hall–Kier alpha value is -0.970. The Morgan fingerprint density at radius 2 is 1.93 bits per heavy atom. The molecule has 2 N–H and O–H groups in total. The third-order valence-electron chi connectivity index (χ3n) is 1.98. The molecule has 2 unspecified atom stereocenters. The Morgan fingerprint density at radius 1 is 1.36 bits per heavy atom. The summed E-state index contributed by atoms with van der Waals surface area (Å²) in [4.78, 5) is 21.9. The molecule has 0 aliphatic carbocycles. The standard InChI is InChI=1S/C9H14N2O2S/c1-3-9(13)11-8-5-14-4-7(8)10-6(2)12/h3,7-8H,1,4-5H2,2H3,(H,10,12)(H,11,13). The molecule has 1 aliphatic rings. The highest BCUT2D eigenvalue weighted by molar-refractivity contribution is 7.99. The van der Waals surface area contributed by atoms with Crippen molar-refractivity contribution in [2.45, 2.75) is 19.0 Å². The van der Waals surface area contributed by atoms with Crippen molar-refractivity contribution >= 4 is 23.6 Å². The number of hydrogen-bond acceptors (Lipinski definition) is 3. The van der Waals surface area contributed by atoms with Gasteiger partial charge in [0.15, 0.2) is 0 Å². The number of nitrogens with one attached hydrogen (secondary N) is 2. The summed E-state index contributed by atoms with van der Waals surface area (Å²) >= 11 is 1.72. The highest BCUT2D eigenvalue weighted by Crippen LogP contribution is 2.18. The second kappa shape index (κ2) is 5.05. The second-order valence-electron chi connectivity index (χ2n) is 3.16. The first-order valence-corrected chi connectivity index (χ1v) is 5.56. The lowest BCUT2D eigenvalue weighted by Gasteiger charge is -2.19. The molecule has 0 spiro atoms. The van der Waals surface area contributed by atoms with Gasteiger partial charge in [0.1, 0.15) is 0 Å². The van der Waals surface area contributed by atoms with Crippen LogP contribution in [0.5, 0.6) is 0 Å². The van der Waals surface area contributed by atoms with Gasteiger partial charge in [0.25, 0.3) is 0 Å². The van der Waals surface area contributed by atoms with E-state index in [1.54, 1.807) is 11.8 Å². The lowest BCUT2D eigenvalue weighted by Crippen LogP contribution is -2.50. The monoisotopic (exact) mass is 214 g/mol. The zero-order valence-electron chi connectivity index (χ0n) is 8.08. The van der Waals surface area contributed by atoms with Crippen molar-refractivity contribution in [2.24, 2.45) is 0 Å². The van der Waals surface area contributed by atoms with E-state index in [9.17, 15) is 9.59 Å². The van der Waals surface area contributed by atoms with Crippen molar-refractivity contribution in [3.05, 3.63) is 12.7 Å². The van der Waals surface area contributed by atoms with Gasteiger partial charge in [-0.05, 0) is 6.08 Å². The number of hydrogen-bond donors (Lipinski definition) is 2. The second-order valence-corrected chi connectivity index (χ2v) is 4.24. The number of carbonyl (C=O) groups is 2. The molecule has 0 aromatic heterocycles. The molecule has 4 nitrogen and oxygen atoms in total. The molecule has 1 fully saturated rings. The quantitative estimate of drug-likeness (QED) is 0.645. The summed E-state index contributed by atoms with van der Waals surface area (Å²) in [5.41, 5.74) is 0. The van der Waals surface area contributed by atoms with Crippen LogP contribution in [-0.4, -0.2) is 35.4 Å². The van der Waals surface area contributed by atoms with E-state index in [1.165, 1.54) is 13.0 Å². The third-order valence-corrected chi connectivity index (χ3v) is 3.17. The van der Waals surface area contributed by atoms with Crippen LogP contribution in [-0.2, 0) is 9.59 Å². The zero-order chi connectivity index (χ0) is 10.6. The maximum atomic E-state index is 11.0. The number of thioether (sulfide) groups is 1. The van der Waals surface area contributed by atoms with E-state index in [1.807, 2.05) is 0 Å². The summed E-state index contributed by atoms with van der Waals surface area (Å²) < 4.78 is 0. The van der Waals surface area contributed by atoms with Crippen molar-refractivity contribution in [1.29, 1.82) is 0 Å². The van der Waals surface area contributed by atoms with E-state index in [-0.39, 0.29) is 23.9 Å². The first kappa shape index (κ1) is 11.1. The van der Waals surface area contributed by atoms with Gasteiger partial charge in [0.05, 0.1) is 12.1 Å². The molecule has 0 radical (unpaired) electrons. The van der Waals surface area contributed by atoms with Crippen LogP contribution in [0, 0.1) is 0 Å². The van der Waals surface area contributed by atoms with Crippen LogP contribution in [0.1, 0.15) is 6.92 Å². The van der Waals surface area contributed by atoms with Crippen molar-refractivity contribution in [2.75, 3.05) is 11.5 Å². The average molecular weight is 214 g/mol. The van der Waals surface area contributed by atoms with Gasteiger partial charge in [0, 0.05) is 18.4 Å². The molecule has 0 bridgehead atoms. The Kier molecular flexibility index (Phi) is 4.00. The smallest absolute Gasteiger partial charge is 0.243 e. The molecule has 0 aromatic carbocycles. The fourth-order valence-corrected chi connectivity index (χ4v) is 2.62. The Bertz CT molecular complexity index is 255. The number of carbonyl (C=O) groups excluding carboxylic acids is 2. The molecule has 0 saturated carbocycles. The normalized spacial score (nSPS) is 25.5. The average Bonchev–Trinajstić information content (AvgIpc) is 2.52. The molecule has 1 aliphatic heterocycles. The molecule has 0 aromatic rings. The number of rotatable bonds is 3. The molecular formula is C9H14N2O2S. The van der Waals surface area contributed by atoms with Crippen LogP contribution in [0.25, 0.3) is 0 Å². The van der Waals surface area contributed by atoms with Crippen LogP contribution in [0.3, 0.4) is 0 Å². The molecule has 78 valence electrons. The lowest BCUT2D eigenvalue weighted by atomic mass is 10.1. The first-order chi connectivity index (χ1) is 6.63.